The van der Waals surface area contributed by atoms with Crippen LogP contribution in [0.25, 0.3) is 160 Å². The minimum Gasteiger partial charge on any atom is -0.456 e. The molecule has 0 bridgehead atoms. The second-order valence-electron chi connectivity index (χ2n) is 20.8. The molecule has 0 atom stereocenters. The lowest BCUT2D eigenvalue weighted by atomic mass is 9.98. The number of hydrogen-bond donors (Lipinski definition) is 0. The third-order valence-electron chi connectivity index (χ3n) is 16.3. The number of nitrogens with zero attached hydrogens (tertiary/aromatic N) is 6. The molecular formula is C73H44N6O. The van der Waals surface area contributed by atoms with E-state index in [0.29, 0.717) is 17.5 Å². The van der Waals surface area contributed by atoms with E-state index in [-0.39, 0.29) is 0 Å². The summed E-state index contributed by atoms with van der Waals surface area (Å²) in [7, 11) is 0. The minimum absolute atomic E-state index is 0.559. The third kappa shape index (κ3) is 6.77. The van der Waals surface area contributed by atoms with Gasteiger partial charge in [-0.05, 0) is 119 Å². The van der Waals surface area contributed by atoms with Crippen molar-refractivity contribution in [2.75, 3.05) is 0 Å². The summed E-state index contributed by atoms with van der Waals surface area (Å²) in [6.45, 7) is 0. The highest BCUT2D eigenvalue weighted by molar-refractivity contribution is 6.15. The number of benzene rings is 12. The summed E-state index contributed by atoms with van der Waals surface area (Å²) in [5.74, 6) is 1.70. The molecule has 5 heterocycles. The molecule has 0 radical (unpaired) electrons. The second kappa shape index (κ2) is 17.3. The number of fused-ring (bicyclic) bond motifs is 13. The summed E-state index contributed by atoms with van der Waals surface area (Å²) < 4.78 is 13.7. The Bertz CT molecular complexity index is 5200. The van der Waals surface area contributed by atoms with E-state index < -0.39 is 0 Å². The zero-order valence-corrected chi connectivity index (χ0v) is 43.0. The van der Waals surface area contributed by atoms with E-state index in [0.717, 1.165) is 111 Å². The molecule has 7 heteroatoms. The molecule has 17 rings (SSSR count). The van der Waals surface area contributed by atoms with Crippen molar-refractivity contribution in [1.82, 2.24) is 28.7 Å². The first kappa shape index (κ1) is 44.3. The first-order valence-electron chi connectivity index (χ1n) is 27.1. The Hall–Kier alpha value is -10.9. The van der Waals surface area contributed by atoms with Crippen LogP contribution in [0.2, 0.25) is 0 Å². The van der Waals surface area contributed by atoms with Crippen LogP contribution in [0.3, 0.4) is 0 Å². The predicted molar refractivity (Wildman–Crippen MR) is 329 cm³/mol. The highest BCUT2D eigenvalue weighted by Gasteiger charge is 2.23. The average Bonchev–Trinajstić information content (AvgIpc) is 4.35. The fraction of sp³-hybridized carbons (Fsp3) is 0. The fourth-order valence-corrected chi connectivity index (χ4v) is 12.6. The van der Waals surface area contributed by atoms with Crippen LogP contribution in [-0.2, 0) is 0 Å². The van der Waals surface area contributed by atoms with Crippen LogP contribution in [0.15, 0.2) is 271 Å². The van der Waals surface area contributed by atoms with Crippen LogP contribution in [-0.4, -0.2) is 28.7 Å². The molecule has 0 spiro atoms. The number of hydrogen-bond acceptors (Lipinski definition) is 4. The molecular weight excluding hydrogens is 977 g/mol. The Morgan fingerprint density at radius 2 is 0.662 bits per heavy atom. The Morgan fingerprint density at radius 1 is 0.250 bits per heavy atom. The highest BCUT2D eigenvalue weighted by Crippen LogP contribution is 2.43. The van der Waals surface area contributed by atoms with Gasteiger partial charge >= 0.3 is 0 Å². The van der Waals surface area contributed by atoms with Gasteiger partial charge in [0.05, 0.1) is 38.8 Å². The van der Waals surface area contributed by atoms with E-state index in [2.05, 4.69) is 268 Å². The molecule has 0 amide bonds. The average molecular weight is 1020 g/mol. The van der Waals surface area contributed by atoms with Crippen molar-refractivity contribution in [2.24, 2.45) is 0 Å². The Morgan fingerprint density at radius 3 is 1.26 bits per heavy atom. The smallest absolute Gasteiger partial charge is 0.164 e. The first-order valence-corrected chi connectivity index (χ1v) is 27.1. The summed E-state index contributed by atoms with van der Waals surface area (Å²) in [6, 6.07) is 95.2. The van der Waals surface area contributed by atoms with Gasteiger partial charge in [0.25, 0.3) is 0 Å². The topological polar surface area (TPSA) is 66.6 Å². The number of rotatable bonds is 7. The number of furan rings is 1. The quantitative estimate of drug-likeness (QED) is 0.160. The van der Waals surface area contributed by atoms with Crippen molar-refractivity contribution in [3.8, 4) is 62.4 Å². The molecule has 0 saturated heterocycles. The SMILES string of the molecule is c1ccc(-n2c3ccccc3c3ccc(-c4nc(-c5ccc(-n6c7ccccc7c7cc8ccccc8cc76)c(-c6ccc7c(c6)oc6ccccc67)c5)nc(-c5ccc6c7ccccc7n(-c7ccccc7)c6c5)n4)cc32)cc1. The van der Waals surface area contributed by atoms with Gasteiger partial charge in [-0.2, -0.15) is 0 Å². The van der Waals surface area contributed by atoms with E-state index >= 15 is 0 Å². The standard InChI is InChI=1S/C73H44N6O/c1-3-19-51(20-4-1)77-62-27-13-9-23-53(62)56-35-32-49(42-66(56)77)72-74-71(75-73(76-72)50-33-36-57-54-24-10-14-28-63(54)78(67(57)43-50)52-21-5-2-6-22-52)48-34-38-65(60(40-48)47-31-37-59-58-26-12-16-30-69(58)80-70(59)44-47)79-64-29-15-11-25-55(64)61-39-45-17-7-8-18-46(45)41-68(61)79/h1-44H. The lowest BCUT2D eigenvalue weighted by molar-refractivity contribution is 0.669. The Labute approximate surface area is 458 Å². The van der Waals surface area contributed by atoms with Gasteiger partial charge < -0.3 is 18.1 Å². The highest BCUT2D eigenvalue weighted by atomic mass is 16.3. The van der Waals surface area contributed by atoms with Crippen molar-refractivity contribution >= 4 is 98.1 Å². The van der Waals surface area contributed by atoms with E-state index in [9.17, 15) is 0 Å². The van der Waals surface area contributed by atoms with E-state index in [4.69, 9.17) is 19.4 Å². The molecule has 5 aromatic heterocycles. The van der Waals surface area contributed by atoms with Gasteiger partial charge in [-0.1, -0.05) is 164 Å². The van der Waals surface area contributed by atoms with Gasteiger partial charge in [0, 0.05) is 76.7 Å². The Balaban J connectivity index is 0.929. The second-order valence-corrected chi connectivity index (χ2v) is 20.8. The van der Waals surface area contributed by atoms with Crippen molar-refractivity contribution in [3.63, 3.8) is 0 Å². The molecule has 0 fully saturated rings. The van der Waals surface area contributed by atoms with Crippen LogP contribution in [0, 0.1) is 0 Å². The fourth-order valence-electron chi connectivity index (χ4n) is 12.6. The maximum absolute atomic E-state index is 6.61. The van der Waals surface area contributed by atoms with Crippen molar-refractivity contribution in [3.05, 3.63) is 267 Å². The minimum atomic E-state index is 0.559. The number of para-hydroxylation sites is 6. The lowest BCUT2D eigenvalue weighted by Crippen LogP contribution is -2.02. The monoisotopic (exact) mass is 1020 g/mol. The molecule has 7 nitrogen and oxygen atoms in total. The maximum atomic E-state index is 6.61. The van der Waals surface area contributed by atoms with Crippen LogP contribution in [0.5, 0.6) is 0 Å². The lowest BCUT2D eigenvalue weighted by Gasteiger charge is -2.16. The zero-order chi connectivity index (χ0) is 52.4. The molecule has 0 aliphatic heterocycles. The van der Waals surface area contributed by atoms with Gasteiger partial charge in [0.1, 0.15) is 11.2 Å². The molecule has 0 aliphatic carbocycles. The van der Waals surface area contributed by atoms with Gasteiger partial charge in [-0.15, -0.1) is 0 Å². The molecule has 80 heavy (non-hydrogen) atoms. The third-order valence-corrected chi connectivity index (χ3v) is 16.3. The largest absolute Gasteiger partial charge is 0.456 e. The summed E-state index contributed by atoms with van der Waals surface area (Å²) in [6.07, 6.45) is 0. The van der Waals surface area contributed by atoms with Crippen molar-refractivity contribution < 1.29 is 4.42 Å². The summed E-state index contributed by atoms with van der Waals surface area (Å²) in [5.41, 5.74) is 16.2. The van der Waals surface area contributed by atoms with E-state index in [1.165, 1.54) is 32.3 Å². The zero-order valence-electron chi connectivity index (χ0n) is 43.0. The van der Waals surface area contributed by atoms with Gasteiger partial charge in [-0.25, -0.2) is 15.0 Å². The summed E-state index contributed by atoms with van der Waals surface area (Å²) in [4.78, 5) is 16.5. The normalized spacial score (nSPS) is 12.0. The van der Waals surface area contributed by atoms with Gasteiger partial charge in [0.2, 0.25) is 0 Å². The Kier molecular flexibility index (Phi) is 9.58. The first-order chi connectivity index (χ1) is 39.6. The summed E-state index contributed by atoms with van der Waals surface area (Å²) in [5, 5.41) is 11.6. The molecule has 0 aliphatic rings. The molecule has 17 aromatic rings. The molecule has 12 aromatic carbocycles. The molecule has 0 saturated carbocycles. The predicted octanol–water partition coefficient (Wildman–Crippen LogP) is 18.9. The molecule has 0 unspecified atom stereocenters. The van der Waals surface area contributed by atoms with Gasteiger partial charge in [-0.3, -0.25) is 0 Å². The maximum Gasteiger partial charge on any atom is 0.164 e. The van der Waals surface area contributed by atoms with Crippen LogP contribution >= 0.6 is 0 Å². The van der Waals surface area contributed by atoms with Crippen molar-refractivity contribution in [1.29, 1.82) is 0 Å². The van der Waals surface area contributed by atoms with E-state index in [1.54, 1.807) is 0 Å². The van der Waals surface area contributed by atoms with Crippen LogP contribution in [0.1, 0.15) is 0 Å². The van der Waals surface area contributed by atoms with Crippen LogP contribution < -0.4 is 0 Å². The van der Waals surface area contributed by atoms with Crippen LogP contribution in [0.4, 0.5) is 0 Å². The van der Waals surface area contributed by atoms with E-state index in [1.807, 2.05) is 12.1 Å². The molecule has 372 valence electrons. The van der Waals surface area contributed by atoms with Crippen molar-refractivity contribution in [2.45, 2.75) is 0 Å². The molecule has 0 N–H and O–H groups in total. The summed E-state index contributed by atoms with van der Waals surface area (Å²) >= 11 is 0. The number of aromatic nitrogens is 6. The van der Waals surface area contributed by atoms with Gasteiger partial charge in [0.15, 0.2) is 17.5 Å².